The predicted octanol–water partition coefficient (Wildman–Crippen LogP) is 1.08. The van der Waals surface area contributed by atoms with Crippen LogP contribution in [0.1, 0.15) is 27.2 Å². The van der Waals surface area contributed by atoms with E-state index in [9.17, 15) is 14.4 Å². The number of nitrogens with two attached hydrogens (primary N) is 1. The van der Waals surface area contributed by atoms with Gasteiger partial charge in [0.2, 0.25) is 5.95 Å². The fourth-order valence-electron chi connectivity index (χ4n) is 2.70. The van der Waals surface area contributed by atoms with Gasteiger partial charge < -0.3 is 24.5 Å². The van der Waals surface area contributed by atoms with E-state index in [0.29, 0.717) is 14.9 Å². The summed E-state index contributed by atoms with van der Waals surface area (Å²) in [5.41, 5.74) is 4.37. The first-order chi connectivity index (χ1) is 13.8. The number of nitrogens with zero attached hydrogens (tertiary/aromatic N) is 4. The van der Waals surface area contributed by atoms with Crippen molar-refractivity contribution in [1.29, 1.82) is 0 Å². The van der Waals surface area contributed by atoms with Crippen LogP contribution >= 0.6 is 22.6 Å². The number of esters is 3. The molecule has 0 bridgehead atoms. The maximum absolute atomic E-state index is 12.7. The number of carbonyl (C=O) groups is 3. The van der Waals surface area contributed by atoms with E-state index in [1.54, 1.807) is 25.3 Å². The molecule has 29 heavy (non-hydrogen) atoms. The lowest BCUT2D eigenvalue weighted by Gasteiger charge is -2.27. The van der Waals surface area contributed by atoms with Gasteiger partial charge in [0, 0.05) is 13.0 Å². The molecule has 0 saturated carbocycles. The summed E-state index contributed by atoms with van der Waals surface area (Å²) >= 11 is 1.98. The Morgan fingerprint density at radius 2 is 1.55 bits per heavy atom. The number of rotatable bonds is 9. The Kier molecular flexibility index (Phi) is 7.70. The molecular weight excluding hydrogens is 497 g/mol. The summed E-state index contributed by atoms with van der Waals surface area (Å²) in [7, 11) is 0. The van der Waals surface area contributed by atoms with Crippen molar-refractivity contribution in [1.82, 2.24) is 19.5 Å². The Labute approximate surface area is 180 Å². The van der Waals surface area contributed by atoms with Gasteiger partial charge in [-0.05, 0) is 43.4 Å². The van der Waals surface area contributed by atoms with Gasteiger partial charge in [-0.25, -0.2) is 9.97 Å². The van der Waals surface area contributed by atoms with Crippen molar-refractivity contribution in [3.05, 3.63) is 10.0 Å². The Hall–Kier alpha value is -2.51. The van der Waals surface area contributed by atoms with E-state index < -0.39 is 23.3 Å². The maximum Gasteiger partial charge on any atom is 0.335 e. The highest BCUT2D eigenvalue weighted by Crippen LogP contribution is 2.30. The molecular formula is C17H22IN5O6. The number of hydrogen-bond donors (Lipinski definition) is 1. The summed E-state index contributed by atoms with van der Waals surface area (Å²) in [6, 6.07) is 0. The van der Waals surface area contributed by atoms with Crippen molar-refractivity contribution in [3.63, 3.8) is 0 Å². The molecule has 0 radical (unpaired) electrons. The van der Waals surface area contributed by atoms with Crippen molar-refractivity contribution in [2.24, 2.45) is 5.41 Å². The van der Waals surface area contributed by atoms with Gasteiger partial charge in [0.25, 0.3) is 5.41 Å². The normalized spacial score (nSPS) is 11.3. The average Bonchev–Trinajstić information content (AvgIpc) is 3.06. The number of fused-ring (bicyclic) bond motifs is 1. The minimum atomic E-state index is -2.26. The highest BCUT2D eigenvalue weighted by atomic mass is 127. The van der Waals surface area contributed by atoms with Crippen LogP contribution in [0.2, 0.25) is 0 Å². The SMILES string of the molecule is CCOC(=O)C(CCn1cnc2c(I)nc(N)nc21)(C(=O)OCC)C(=O)OCC. The average molecular weight is 519 g/mol. The van der Waals surface area contributed by atoms with Gasteiger partial charge in [-0.1, -0.05) is 0 Å². The number of hydrogen-bond acceptors (Lipinski definition) is 10. The largest absolute Gasteiger partial charge is 0.465 e. The van der Waals surface area contributed by atoms with E-state index in [2.05, 4.69) is 15.0 Å². The van der Waals surface area contributed by atoms with Crippen LogP contribution in [-0.4, -0.2) is 57.2 Å². The zero-order valence-corrected chi connectivity index (χ0v) is 18.5. The second-order valence-electron chi connectivity index (χ2n) is 5.80. The Morgan fingerprint density at radius 1 is 1.03 bits per heavy atom. The summed E-state index contributed by atoms with van der Waals surface area (Å²) in [4.78, 5) is 50.6. The van der Waals surface area contributed by atoms with Gasteiger partial charge in [-0.2, -0.15) is 4.98 Å². The smallest absolute Gasteiger partial charge is 0.335 e. The molecule has 0 aliphatic carbocycles. The molecule has 11 nitrogen and oxygen atoms in total. The molecule has 0 fully saturated rings. The van der Waals surface area contributed by atoms with Gasteiger partial charge in [0.1, 0.15) is 9.22 Å². The lowest BCUT2D eigenvalue weighted by molar-refractivity contribution is -0.184. The Morgan fingerprint density at radius 3 is 2.03 bits per heavy atom. The van der Waals surface area contributed by atoms with Crippen LogP contribution in [0.4, 0.5) is 5.95 Å². The standard InChI is InChI=1S/C17H22IN5O6/c1-4-27-13(24)17(14(25)28-5-2,15(26)29-6-3)7-8-23-9-20-10-11(18)21-16(19)22-12(10)23/h9H,4-8H2,1-3H3,(H2,19,21,22). The van der Waals surface area contributed by atoms with E-state index in [1.165, 1.54) is 6.33 Å². The van der Waals surface area contributed by atoms with Crippen LogP contribution in [0.5, 0.6) is 0 Å². The fourth-order valence-corrected chi connectivity index (χ4v) is 3.32. The third kappa shape index (κ3) is 4.57. The molecule has 2 N–H and O–H groups in total. The van der Waals surface area contributed by atoms with Crippen LogP contribution in [0.15, 0.2) is 6.33 Å². The second-order valence-corrected chi connectivity index (χ2v) is 6.82. The Bertz CT molecular complexity index is 870. The molecule has 0 atom stereocenters. The summed E-state index contributed by atoms with van der Waals surface area (Å²) in [5.74, 6) is -3.02. The van der Waals surface area contributed by atoms with Crippen LogP contribution in [-0.2, 0) is 35.1 Å². The summed E-state index contributed by atoms with van der Waals surface area (Å²) in [5, 5.41) is 0. The van der Waals surface area contributed by atoms with E-state index in [4.69, 9.17) is 19.9 Å². The Balaban J connectivity index is 2.47. The molecule has 0 aliphatic heterocycles. The molecule has 0 aliphatic rings. The molecule has 0 spiro atoms. The van der Waals surface area contributed by atoms with Crippen molar-refractivity contribution < 1.29 is 28.6 Å². The molecule has 0 amide bonds. The number of aryl methyl sites for hydroxylation is 1. The monoisotopic (exact) mass is 519 g/mol. The van der Waals surface area contributed by atoms with Crippen molar-refractivity contribution in [2.75, 3.05) is 25.6 Å². The fraction of sp³-hybridized carbons (Fsp3) is 0.529. The van der Waals surface area contributed by atoms with Crippen molar-refractivity contribution >= 4 is 57.6 Å². The third-order valence-electron chi connectivity index (χ3n) is 4.04. The van der Waals surface area contributed by atoms with Crippen LogP contribution < -0.4 is 5.73 Å². The van der Waals surface area contributed by atoms with Gasteiger partial charge in [-0.3, -0.25) is 14.4 Å². The molecule has 158 valence electrons. The number of aromatic nitrogens is 4. The lowest BCUT2D eigenvalue weighted by Crippen LogP contribution is -2.50. The highest BCUT2D eigenvalue weighted by molar-refractivity contribution is 14.1. The minimum Gasteiger partial charge on any atom is -0.465 e. The molecule has 2 rings (SSSR count). The summed E-state index contributed by atoms with van der Waals surface area (Å²) in [6.45, 7) is 4.69. The first-order valence-corrected chi connectivity index (χ1v) is 10.0. The van der Waals surface area contributed by atoms with Gasteiger partial charge in [0.15, 0.2) is 5.65 Å². The van der Waals surface area contributed by atoms with E-state index in [0.717, 1.165) is 0 Å². The molecule has 0 aromatic carbocycles. The molecule has 12 heteroatoms. The topological polar surface area (TPSA) is 149 Å². The number of carbonyl (C=O) groups excluding carboxylic acids is 3. The van der Waals surface area contributed by atoms with Gasteiger partial charge in [-0.15, -0.1) is 0 Å². The number of nitrogen functional groups attached to an aromatic ring is 1. The maximum atomic E-state index is 12.7. The van der Waals surface area contributed by atoms with E-state index in [-0.39, 0.29) is 38.7 Å². The zero-order valence-electron chi connectivity index (χ0n) is 16.3. The van der Waals surface area contributed by atoms with Crippen LogP contribution in [0.3, 0.4) is 0 Å². The number of anilines is 1. The molecule has 2 aromatic rings. The molecule has 0 unspecified atom stereocenters. The second kappa shape index (κ2) is 9.80. The summed E-state index contributed by atoms with van der Waals surface area (Å²) in [6.07, 6.45) is 1.20. The molecule has 2 aromatic heterocycles. The van der Waals surface area contributed by atoms with Crippen LogP contribution in [0, 0.1) is 9.12 Å². The quantitative estimate of drug-likeness (QED) is 0.168. The molecule has 0 saturated heterocycles. The number of imidazole rings is 1. The van der Waals surface area contributed by atoms with Crippen molar-refractivity contribution in [2.45, 2.75) is 33.7 Å². The van der Waals surface area contributed by atoms with Crippen molar-refractivity contribution in [3.8, 4) is 0 Å². The summed E-state index contributed by atoms with van der Waals surface area (Å²) < 4.78 is 17.2. The third-order valence-corrected chi connectivity index (χ3v) is 4.79. The first kappa shape index (κ1) is 22.8. The van der Waals surface area contributed by atoms with E-state index in [1.807, 2.05) is 22.6 Å². The minimum absolute atomic E-state index is 0.0185. The number of ether oxygens (including phenoxy) is 3. The predicted molar refractivity (Wildman–Crippen MR) is 109 cm³/mol. The highest BCUT2D eigenvalue weighted by Gasteiger charge is 2.57. The zero-order chi connectivity index (χ0) is 21.6. The van der Waals surface area contributed by atoms with Crippen LogP contribution in [0.25, 0.3) is 11.2 Å². The van der Waals surface area contributed by atoms with Gasteiger partial charge in [0.05, 0.1) is 26.1 Å². The van der Waals surface area contributed by atoms with Gasteiger partial charge >= 0.3 is 17.9 Å². The first-order valence-electron chi connectivity index (χ1n) is 8.97. The number of halogens is 1. The lowest BCUT2D eigenvalue weighted by atomic mass is 9.84. The molecule has 2 heterocycles. The van der Waals surface area contributed by atoms with E-state index >= 15 is 0 Å².